The molecule has 1 aromatic heterocycles. The van der Waals surface area contributed by atoms with Gasteiger partial charge in [-0.1, -0.05) is 17.7 Å². The summed E-state index contributed by atoms with van der Waals surface area (Å²) >= 11 is 8.95. The number of phenols is 1. The molecule has 136 valence electrons. The van der Waals surface area contributed by atoms with Crippen molar-refractivity contribution in [2.24, 2.45) is 0 Å². The first-order valence-electron chi connectivity index (χ1n) is 7.19. The molecule has 0 atom stereocenters. The van der Waals surface area contributed by atoms with E-state index < -0.39 is 22.7 Å². The van der Waals surface area contributed by atoms with E-state index in [-0.39, 0.29) is 22.5 Å². The number of carboxylic acids is 1. The Bertz CT molecular complexity index is 1030. The molecule has 4 nitrogen and oxygen atoms in total. The van der Waals surface area contributed by atoms with Crippen LogP contribution in [0.5, 0.6) is 5.75 Å². The SMILES string of the molecule is O=C(O)c1c(Br)c2cc(O)ccc2n1Cc1ccc(C(F)(F)F)c(Cl)c1. The molecule has 2 N–H and O–H groups in total. The van der Waals surface area contributed by atoms with E-state index in [4.69, 9.17) is 11.6 Å². The summed E-state index contributed by atoms with van der Waals surface area (Å²) in [5.41, 5.74) is -0.127. The van der Waals surface area contributed by atoms with Crippen LogP contribution in [-0.2, 0) is 12.7 Å². The lowest BCUT2D eigenvalue weighted by atomic mass is 10.1. The van der Waals surface area contributed by atoms with E-state index >= 15 is 0 Å². The topological polar surface area (TPSA) is 62.5 Å². The zero-order valence-electron chi connectivity index (χ0n) is 12.8. The molecule has 3 rings (SSSR count). The van der Waals surface area contributed by atoms with Crippen LogP contribution in [0.25, 0.3) is 10.9 Å². The zero-order chi connectivity index (χ0) is 19.2. The van der Waals surface area contributed by atoms with Gasteiger partial charge in [0, 0.05) is 11.9 Å². The summed E-state index contributed by atoms with van der Waals surface area (Å²) < 4.78 is 40.2. The summed E-state index contributed by atoms with van der Waals surface area (Å²) in [5, 5.41) is 19.2. The Morgan fingerprint density at radius 2 is 1.88 bits per heavy atom. The molecule has 0 saturated heterocycles. The van der Waals surface area contributed by atoms with Gasteiger partial charge in [0.2, 0.25) is 0 Å². The van der Waals surface area contributed by atoms with Crippen LogP contribution in [0.1, 0.15) is 21.6 Å². The van der Waals surface area contributed by atoms with E-state index in [0.29, 0.717) is 16.5 Å². The number of aromatic nitrogens is 1. The van der Waals surface area contributed by atoms with Gasteiger partial charge in [0.1, 0.15) is 11.4 Å². The third-order valence-corrected chi connectivity index (χ3v) is 4.98. The number of alkyl halides is 3. The van der Waals surface area contributed by atoms with Gasteiger partial charge in [-0.15, -0.1) is 0 Å². The first-order chi connectivity index (χ1) is 12.1. The van der Waals surface area contributed by atoms with Crippen LogP contribution in [0.3, 0.4) is 0 Å². The summed E-state index contributed by atoms with van der Waals surface area (Å²) in [6, 6.07) is 7.62. The number of carbonyl (C=O) groups is 1. The molecule has 0 radical (unpaired) electrons. The molecule has 0 amide bonds. The molecule has 0 saturated carbocycles. The van der Waals surface area contributed by atoms with E-state index in [1.54, 1.807) is 0 Å². The quantitative estimate of drug-likeness (QED) is 0.554. The number of nitrogens with zero attached hydrogens (tertiary/aromatic N) is 1. The van der Waals surface area contributed by atoms with Gasteiger partial charge in [-0.05, 0) is 51.8 Å². The van der Waals surface area contributed by atoms with Crippen LogP contribution in [0, 0.1) is 0 Å². The van der Waals surface area contributed by atoms with Crippen molar-refractivity contribution in [3.63, 3.8) is 0 Å². The lowest BCUT2D eigenvalue weighted by Gasteiger charge is -2.12. The third kappa shape index (κ3) is 3.26. The van der Waals surface area contributed by atoms with Crippen LogP contribution in [0.4, 0.5) is 13.2 Å². The van der Waals surface area contributed by atoms with Crippen LogP contribution >= 0.6 is 27.5 Å². The molecular weight excluding hydrogens is 439 g/mol. The standard InChI is InChI=1S/C17H10BrClF3NO3/c18-14-10-6-9(24)2-4-13(10)23(15(14)16(25)26)7-8-1-3-11(12(19)5-8)17(20,21)22/h1-6,24H,7H2,(H,25,26). The van der Waals surface area contributed by atoms with Crippen LogP contribution in [0.15, 0.2) is 40.9 Å². The summed E-state index contributed by atoms with van der Waals surface area (Å²) in [4.78, 5) is 11.7. The van der Waals surface area contributed by atoms with Gasteiger partial charge in [-0.3, -0.25) is 0 Å². The molecule has 0 unspecified atom stereocenters. The Morgan fingerprint density at radius 3 is 2.46 bits per heavy atom. The van der Waals surface area contributed by atoms with Crippen LogP contribution < -0.4 is 0 Å². The van der Waals surface area contributed by atoms with Crippen LogP contribution in [0.2, 0.25) is 5.02 Å². The highest BCUT2D eigenvalue weighted by atomic mass is 79.9. The minimum atomic E-state index is -4.57. The van der Waals surface area contributed by atoms with Crippen molar-refractivity contribution in [2.75, 3.05) is 0 Å². The lowest BCUT2D eigenvalue weighted by Crippen LogP contribution is -2.11. The van der Waals surface area contributed by atoms with Gasteiger partial charge < -0.3 is 14.8 Å². The zero-order valence-corrected chi connectivity index (χ0v) is 15.2. The highest BCUT2D eigenvalue weighted by Crippen LogP contribution is 2.37. The molecule has 0 bridgehead atoms. The van der Waals surface area contributed by atoms with Gasteiger partial charge in [0.15, 0.2) is 0 Å². The van der Waals surface area contributed by atoms with Gasteiger partial charge in [-0.25, -0.2) is 4.79 Å². The number of halogens is 5. The van der Waals surface area contributed by atoms with Crippen LogP contribution in [-0.4, -0.2) is 20.7 Å². The van der Waals surface area contributed by atoms with E-state index in [1.165, 1.54) is 28.8 Å². The number of aromatic hydroxyl groups is 1. The number of benzene rings is 2. The molecule has 9 heteroatoms. The second kappa shape index (κ2) is 6.51. The Hall–Kier alpha value is -2.19. The van der Waals surface area contributed by atoms with Gasteiger partial charge >= 0.3 is 12.1 Å². The normalized spacial score (nSPS) is 11.9. The van der Waals surface area contributed by atoms with E-state index in [1.807, 2.05) is 0 Å². The molecule has 2 aromatic carbocycles. The minimum absolute atomic E-state index is 0.00757. The Labute approximate surface area is 158 Å². The van der Waals surface area contributed by atoms with Crippen molar-refractivity contribution in [3.8, 4) is 5.75 Å². The lowest BCUT2D eigenvalue weighted by molar-refractivity contribution is -0.137. The maximum atomic E-state index is 12.8. The fourth-order valence-electron chi connectivity index (χ4n) is 2.74. The van der Waals surface area contributed by atoms with E-state index in [0.717, 1.165) is 12.1 Å². The molecule has 1 heterocycles. The molecule has 0 aliphatic carbocycles. The number of carboxylic acid groups (broad SMARTS) is 1. The maximum Gasteiger partial charge on any atom is 0.417 e. The predicted octanol–water partition coefficient (Wildman–Crippen LogP) is 5.53. The number of aromatic carboxylic acids is 1. The monoisotopic (exact) mass is 447 g/mol. The molecular formula is C17H10BrClF3NO3. The Morgan fingerprint density at radius 1 is 1.19 bits per heavy atom. The van der Waals surface area contributed by atoms with Crippen molar-refractivity contribution >= 4 is 44.4 Å². The number of rotatable bonds is 3. The minimum Gasteiger partial charge on any atom is -0.508 e. The fourth-order valence-corrected chi connectivity index (χ4v) is 3.76. The summed E-state index contributed by atoms with van der Waals surface area (Å²) in [6.45, 7) is -0.00757. The number of hydrogen-bond acceptors (Lipinski definition) is 2. The van der Waals surface area contributed by atoms with Gasteiger partial charge in [-0.2, -0.15) is 13.2 Å². The molecule has 0 aliphatic rings. The van der Waals surface area contributed by atoms with E-state index in [2.05, 4.69) is 15.9 Å². The fraction of sp³-hybridized carbons (Fsp3) is 0.118. The summed E-state index contributed by atoms with van der Waals surface area (Å²) in [6.07, 6.45) is -4.57. The van der Waals surface area contributed by atoms with E-state index in [9.17, 15) is 28.2 Å². The maximum absolute atomic E-state index is 12.8. The largest absolute Gasteiger partial charge is 0.508 e. The molecule has 0 aliphatic heterocycles. The first-order valence-corrected chi connectivity index (χ1v) is 8.36. The molecule has 3 aromatic rings. The highest BCUT2D eigenvalue weighted by molar-refractivity contribution is 9.10. The number of hydrogen-bond donors (Lipinski definition) is 2. The Balaban J connectivity index is 2.13. The average molecular weight is 449 g/mol. The second-order valence-corrected chi connectivity index (χ2v) is 6.77. The Kier molecular flexibility index (Phi) is 4.66. The van der Waals surface area contributed by atoms with Gasteiger partial charge in [0.25, 0.3) is 0 Å². The van der Waals surface area contributed by atoms with Crippen molar-refractivity contribution in [2.45, 2.75) is 12.7 Å². The number of fused-ring (bicyclic) bond motifs is 1. The molecule has 0 fully saturated rings. The third-order valence-electron chi connectivity index (χ3n) is 3.87. The summed E-state index contributed by atoms with van der Waals surface area (Å²) in [7, 11) is 0. The molecule has 0 spiro atoms. The van der Waals surface area contributed by atoms with Crippen molar-refractivity contribution in [1.82, 2.24) is 4.57 Å². The highest BCUT2D eigenvalue weighted by Gasteiger charge is 2.33. The van der Waals surface area contributed by atoms with Gasteiger partial charge in [0.05, 0.1) is 20.6 Å². The average Bonchev–Trinajstić information content (AvgIpc) is 2.78. The smallest absolute Gasteiger partial charge is 0.417 e. The first kappa shape index (κ1) is 18.6. The molecule has 26 heavy (non-hydrogen) atoms. The van der Waals surface area contributed by atoms with Crippen molar-refractivity contribution < 1.29 is 28.2 Å². The van der Waals surface area contributed by atoms with Crippen molar-refractivity contribution in [1.29, 1.82) is 0 Å². The second-order valence-electron chi connectivity index (χ2n) is 5.57. The van der Waals surface area contributed by atoms with Crippen molar-refractivity contribution in [3.05, 3.63) is 62.7 Å². The predicted molar refractivity (Wildman–Crippen MR) is 93.8 cm³/mol. The summed E-state index contributed by atoms with van der Waals surface area (Å²) in [5.74, 6) is -1.25. The number of phenolic OH excluding ortho intramolecular Hbond substituents is 1.